The minimum absolute atomic E-state index is 0.0207. The molecule has 0 spiro atoms. The van der Waals surface area contributed by atoms with Crippen LogP contribution in [-0.2, 0) is 27.2 Å². The van der Waals surface area contributed by atoms with Crippen molar-refractivity contribution >= 4 is 40.8 Å². The predicted molar refractivity (Wildman–Crippen MR) is 146 cm³/mol. The van der Waals surface area contributed by atoms with Gasteiger partial charge in [0.1, 0.15) is 6.04 Å². The quantitative estimate of drug-likeness (QED) is 0.264. The summed E-state index contributed by atoms with van der Waals surface area (Å²) in [5, 5.41) is 3.73. The van der Waals surface area contributed by atoms with E-state index in [9.17, 15) is 14.4 Å². The highest BCUT2D eigenvalue weighted by atomic mass is 32.1. The molecule has 0 aromatic heterocycles. The summed E-state index contributed by atoms with van der Waals surface area (Å²) in [5.74, 6) is -1.13. The van der Waals surface area contributed by atoms with E-state index < -0.39 is 12.0 Å². The van der Waals surface area contributed by atoms with Gasteiger partial charge in [-0.3, -0.25) is 9.59 Å². The lowest BCUT2D eigenvalue weighted by molar-refractivity contribution is -0.122. The number of carbonyl (C=O) groups excluding carboxylic acids is 3. The van der Waals surface area contributed by atoms with Crippen LogP contribution in [0.2, 0.25) is 0 Å². The first-order chi connectivity index (χ1) is 18.0. The number of anilines is 1. The maximum absolute atomic E-state index is 13.5. The van der Waals surface area contributed by atoms with Gasteiger partial charge in [0.25, 0.3) is 5.91 Å². The van der Waals surface area contributed by atoms with Crippen molar-refractivity contribution in [1.82, 2.24) is 10.2 Å². The molecule has 37 heavy (non-hydrogen) atoms. The van der Waals surface area contributed by atoms with Crippen LogP contribution < -0.4 is 10.2 Å². The van der Waals surface area contributed by atoms with E-state index in [4.69, 9.17) is 17.0 Å². The average Bonchev–Trinajstić information content (AvgIpc) is 3.22. The molecule has 1 aliphatic heterocycles. The summed E-state index contributed by atoms with van der Waals surface area (Å²) >= 11 is 5.73. The number of thiocarbonyl (C=S) groups is 1. The van der Waals surface area contributed by atoms with Crippen molar-refractivity contribution in [3.63, 3.8) is 0 Å². The minimum atomic E-state index is -0.715. The van der Waals surface area contributed by atoms with Gasteiger partial charge < -0.3 is 15.0 Å². The Hall–Kier alpha value is -4.04. The first-order valence-corrected chi connectivity index (χ1v) is 12.6. The van der Waals surface area contributed by atoms with Crippen molar-refractivity contribution in [2.45, 2.75) is 25.3 Å². The standard InChI is InChI=1S/C29H29N3O4S/c1-36-28(35)23-12-14-24(15-13-23)32-26(33)20-25(27(32)34)31(19-17-22-10-6-3-7-11-22)29(37)30-18-16-21-8-4-2-5-9-21/h2-15,25H,16-20H2,1H3,(H,30,37). The number of nitrogens with zero attached hydrogens (tertiary/aromatic N) is 2. The molecule has 0 bridgehead atoms. The molecule has 8 heteroatoms. The third-order valence-corrected chi connectivity index (χ3v) is 6.70. The topological polar surface area (TPSA) is 79.0 Å². The normalized spacial score (nSPS) is 14.9. The summed E-state index contributed by atoms with van der Waals surface area (Å²) in [6.45, 7) is 1.10. The van der Waals surface area contributed by atoms with Crippen LogP contribution in [0.25, 0.3) is 0 Å². The summed E-state index contributed by atoms with van der Waals surface area (Å²) in [7, 11) is 1.30. The molecule has 0 saturated carbocycles. The number of esters is 1. The van der Waals surface area contributed by atoms with Gasteiger partial charge in [0.05, 0.1) is 24.8 Å². The first-order valence-electron chi connectivity index (χ1n) is 12.2. The molecule has 3 aromatic carbocycles. The second kappa shape index (κ2) is 12.3. The maximum Gasteiger partial charge on any atom is 0.337 e. The summed E-state index contributed by atoms with van der Waals surface area (Å²) in [6, 6.07) is 25.6. The summed E-state index contributed by atoms with van der Waals surface area (Å²) < 4.78 is 4.73. The predicted octanol–water partition coefficient (Wildman–Crippen LogP) is 3.77. The Balaban J connectivity index is 1.49. The SMILES string of the molecule is COC(=O)c1ccc(N2C(=O)CC(N(CCc3ccccc3)C(=S)NCCc3ccccc3)C2=O)cc1. The fourth-order valence-corrected chi connectivity index (χ4v) is 4.67. The molecular formula is C29H29N3O4S. The van der Waals surface area contributed by atoms with Crippen molar-refractivity contribution in [3.8, 4) is 0 Å². The Morgan fingerprint density at radius 3 is 2.14 bits per heavy atom. The second-order valence-electron chi connectivity index (χ2n) is 8.72. The summed E-state index contributed by atoms with van der Waals surface area (Å²) in [4.78, 5) is 41.3. The van der Waals surface area contributed by atoms with Crippen LogP contribution in [0.3, 0.4) is 0 Å². The van der Waals surface area contributed by atoms with Gasteiger partial charge in [-0.15, -0.1) is 0 Å². The molecule has 1 fully saturated rings. The molecule has 1 heterocycles. The van der Waals surface area contributed by atoms with Crippen molar-refractivity contribution in [1.29, 1.82) is 0 Å². The Kier molecular flexibility index (Phi) is 8.64. The zero-order chi connectivity index (χ0) is 26.2. The Labute approximate surface area is 222 Å². The van der Waals surface area contributed by atoms with Gasteiger partial charge in [-0.05, 0) is 60.5 Å². The molecule has 2 amide bonds. The van der Waals surface area contributed by atoms with Gasteiger partial charge in [-0.1, -0.05) is 60.7 Å². The Bertz CT molecular complexity index is 1250. The fourth-order valence-electron chi connectivity index (χ4n) is 4.35. The molecule has 1 saturated heterocycles. The average molecular weight is 516 g/mol. The van der Waals surface area contributed by atoms with Crippen LogP contribution in [0.1, 0.15) is 27.9 Å². The van der Waals surface area contributed by atoms with E-state index in [1.165, 1.54) is 29.7 Å². The molecule has 1 atom stereocenters. The van der Waals surface area contributed by atoms with Crippen LogP contribution in [-0.4, -0.2) is 54.0 Å². The summed E-state index contributed by atoms with van der Waals surface area (Å²) in [5.41, 5.74) is 3.06. The van der Waals surface area contributed by atoms with Gasteiger partial charge in [0, 0.05) is 13.1 Å². The molecule has 0 radical (unpaired) electrons. The van der Waals surface area contributed by atoms with Gasteiger partial charge in [0.15, 0.2) is 5.11 Å². The third kappa shape index (κ3) is 6.40. The van der Waals surface area contributed by atoms with E-state index in [1.54, 1.807) is 12.1 Å². The monoisotopic (exact) mass is 515 g/mol. The summed E-state index contributed by atoms with van der Waals surface area (Å²) in [6.07, 6.45) is 1.48. The van der Waals surface area contributed by atoms with Gasteiger partial charge >= 0.3 is 5.97 Å². The number of hydrogen-bond donors (Lipinski definition) is 1. The Morgan fingerprint density at radius 2 is 1.54 bits per heavy atom. The van der Waals surface area contributed by atoms with E-state index >= 15 is 0 Å². The molecule has 1 N–H and O–H groups in total. The van der Waals surface area contributed by atoms with Crippen LogP contribution in [0.4, 0.5) is 5.69 Å². The fraction of sp³-hybridized carbons (Fsp3) is 0.241. The lowest BCUT2D eigenvalue weighted by atomic mass is 10.1. The van der Waals surface area contributed by atoms with Gasteiger partial charge in [-0.25, -0.2) is 9.69 Å². The van der Waals surface area contributed by atoms with E-state index in [1.807, 2.05) is 53.4 Å². The molecule has 1 aliphatic rings. The number of rotatable bonds is 9. The number of ether oxygens (including phenoxy) is 1. The minimum Gasteiger partial charge on any atom is -0.465 e. The lowest BCUT2D eigenvalue weighted by Gasteiger charge is -2.30. The van der Waals surface area contributed by atoms with Crippen LogP contribution in [0, 0.1) is 0 Å². The number of hydrogen-bond acceptors (Lipinski definition) is 5. The lowest BCUT2D eigenvalue weighted by Crippen LogP contribution is -2.50. The highest BCUT2D eigenvalue weighted by molar-refractivity contribution is 7.80. The third-order valence-electron chi connectivity index (χ3n) is 6.32. The van der Waals surface area contributed by atoms with E-state index in [2.05, 4.69) is 17.4 Å². The Morgan fingerprint density at radius 1 is 0.946 bits per heavy atom. The number of carbonyl (C=O) groups is 3. The molecular weight excluding hydrogens is 486 g/mol. The zero-order valence-electron chi connectivity index (χ0n) is 20.6. The molecule has 1 unspecified atom stereocenters. The van der Waals surface area contributed by atoms with Crippen LogP contribution in [0.5, 0.6) is 0 Å². The molecule has 190 valence electrons. The highest BCUT2D eigenvalue weighted by Gasteiger charge is 2.43. The first kappa shape index (κ1) is 26.0. The van der Waals surface area contributed by atoms with E-state index in [0.29, 0.717) is 35.9 Å². The number of nitrogens with one attached hydrogen (secondary N) is 1. The second-order valence-corrected chi connectivity index (χ2v) is 9.11. The number of benzene rings is 3. The van der Waals surface area contributed by atoms with Crippen molar-refractivity contribution in [3.05, 3.63) is 102 Å². The highest BCUT2D eigenvalue weighted by Crippen LogP contribution is 2.26. The largest absolute Gasteiger partial charge is 0.465 e. The zero-order valence-corrected chi connectivity index (χ0v) is 21.4. The molecule has 7 nitrogen and oxygen atoms in total. The van der Waals surface area contributed by atoms with Crippen LogP contribution >= 0.6 is 12.2 Å². The smallest absolute Gasteiger partial charge is 0.337 e. The number of amides is 2. The van der Waals surface area contributed by atoms with Crippen molar-refractivity contribution in [2.24, 2.45) is 0 Å². The van der Waals surface area contributed by atoms with Gasteiger partial charge in [0.2, 0.25) is 5.91 Å². The molecule has 3 aromatic rings. The number of imide groups is 1. The maximum atomic E-state index is 13.5. The molecule has 0 aliphatic carbocycles. The van der Waals surface area contributed by atoms with Crippen molar-refractivity contribution < 1.29 is 19.1 Å². The van der Waals surface area contributed by atoms with Crippen LogP contribution in [0.15, 0.2) is 84.9 Å². The number of methoxy groups -OCH3 is 1. The van der Waals surface area contributed by atoms with E-state index in [-0.39, 0.29) is 18.2 Å². The van der Waals surface area contributed by atoms with Gasteiger partial charge in [-0.2, -0.15) is 0 Å². The molecule has 4 rings (SSSR count). The van der Waals surface area contributed by atoms with Crippen molar-refractivity contribution in [2.75, 3.05) is 25.1 Å². The van der Waals surface area contributed by atoms with E-state index in [0.717, 1.165) is 12.0 Å².